The maximum Gasteiger partial charge on any atom is 0.191 e. The number of aromatic nitrogens is 4. The lowest BCUT2D eigenvalue weighted by molar-refractivity contribution is 0.583. The Labute approximate surface area is 186 Å². The van der Waals surface area contributed by atoms with Crippen LogP contribution in [0, 0.1) is 17.1 Å². The number of aryl methyl sites for hydroxylation is 2. The van der Waals surface area contributed by atoms with Crippen LogP contribution in [0.1, 0.15) is 31.0 Å². The molecule has 0 spiro atoms. The zero-order valence-corrected chi connectivity index (χ0v) is 18.1. The summed E-state index contributed by atoms with van der Waals surface area (Å²) < 4.78 is 16.6. The summed E-state index contributed by atoms with van der Waals surface area (Å²) in [4.78, 5) is 4.59. The lowest BCUT2D eigenvalue weighted by Crippen LogP contribution is -2.38. The highest BCUT2D eigenvalue weighted by Gasteiger charge is 2.16. The number of nitrogens with zero attached hydrogens (tertiary/aromatic N) is 6. The molecular formula is C22H28FN9. The molecule has 2 aromatic heterocycles. The van der Waals surface area contributed by atoms with Gasteiger partial charge >= 0.3 is 0 Å². The average Bonchev–Trinajstić information content (AvgIpc) is 3.42. The van der Waals surface area contributed by atoms with Crippen molar-refractivity contribution < 1.29 is 4.39 Å². The summed E-state index contributed by atoms with van der Waals surface area (Å²) >= 11 is 0. The van der Waals surface area contributed by atoms with Crippen molar-refractivity contribution in [3.63, 3.8) is 0 Å². The average molecular weight is 438 g/mol. The lowest BCUT2D eigenvalue weighted by Gasteiger charge is -2.11. The molecule has 3 aromatic rings. The van der Waals surface area contributed by atoms with Gasteiger partial charge in [-0.3, -0.25) is 9.67 Å². The van der Waals surface area contributed by atoms with Gasteiger partial charge in [0.1, 0.15) is 23.3 Å². The third-order valence-corrected chi connectivity index (χ3v) is 4.78. The first-order valence-corrected chi connectivity index (χ1v) is 10.7. The van der Waals surface area contributed by atoms with Crippen LogP contribution in [0.4, 0.5) is 10.2 Å². The Morgan fingerprint density at radius 2 is 2.06 bits per heavy atom. The second kappa shape index (κ2) is 11.5. The first kappa shape index (κ1) is 22.8. The van der Waals surface area contributed by atoms with Gasteiger partial charge in [0, 0.05) is 38.6 Å². The zero-order chi connectivity index (χ0) is 22.8. The maximum absolute atomic E-state index is 13.2. The molecule has 32 heavy (non-hydrogen) atoms. The van der Waals surface area contributed by atoms with Gasteiger partial charge in [-0.2, -0.15) is 15.5 Å². The second-order valence-electron chi connectivity index (χ2n) is 7.12. The van der Waals surface area contributed by atoms with Crippen LogP contribution in [0.25, 0.3) is 5.69 Å². The zero-order valence-electron chi connectivity index (χ0n) is 18.1. The molecule has 0 aliphatic rings. The number of nitrogen functional groups attached to an aromatic ring is 1. The Hall–Kier alpha value is -3.87. The smallest absolute Gasteiger partial charge is 0.191 e. The van der Waals surface area contributed by atoms with E-state index in [2.05, 4.69) is 31.9 Å². The molecular weight excluding hydrogens is 409 g/mol. The Morgan fingerprint density at radius 3 is 2.75 bits per heavy atom. The molecule has 0 aliphatic heterocycles. The number of nitrogens with one attached hydrogen (secondary N) is 2. The highest BCUT2D eigenvalue weighted by molar-refractivity contribution is 5.79. The van der Waals surface area contributed by atoms with Crippen molar-refractivity contribution in [3.8, 4) is 11.8 Å². The molecule has 1 aromatic carbocycles. The molecule has 0 amide bonds. The summed E-state index contributed by atoms with van der Waals surface area (Å²) in [5, 5.41) is 24.7. The van der Waals surface area contributed by atoms with Gasteiger partial charge in [0.2, 0.25) is 0 Å². The minimum absolute atomic E-state index is 0.258. The summed E-state index contributed by atoms with van der Waals surface area (Å²) in [7, 11) is 0. The first-order valence-electron chi connectivity index (χ1n) is 10.7. The summed E-state index contributed by atoms with van der Waals surface area (Å²) in [6.45, 7) is 4.96. The van der Waals surface area contributed by atoms with E-state index in [1.807, 2.05) is 23.9 Å². The van der Waals surface area contributed by atoms with Crippen LogP contribution < -0.4 is 16.4 Å². The molecule has 0 atom stereocenters. The Bertz CT molecular complexity index is 1050. The Morgan fingerprint density at radius 1 is 1.25 bits per heavy atom. The van der Waals surface area contributed by atoms with Crippen LogP contribution in [-0.2, 0) is 13.0 Å². The number of benzene rings is 1. The van der Waals surface area contributed by atoms with Crippen molar-refractivity contribution in [3.05, 3.63) is 59.8 Å². The highest BCUT2D eigenvalue weighted by Crippen LogP contribution is 2.21. The van der Waals surface area contributed by atoms with E-state index in [0.717, 1.165) is 31.9 Å². The summed E-state index contributed by atoms with van der Waals surface area (Å²) in [5.74, 6) is 0.671. The van der Waals surface area contributed by atoms with Gasteiger partial charge in [-0.05, 0) is 56.5 Å². The number of hydrogen-bond acceptors (Lipinski definition) is 5. The SMILES string of the molecule is CCNC(=NCCCn1cccn1)NCCCc1nn(-c2ccc(F)cc2)c(N)c1C#N. The Kier molecular flexibility index (Phi) is 8.20. The van der Waals surface area contributed by atoms with Gasteiger partial charge in [-0.25, -0.2) is 9.07 Å². The molecule has 4 N–H and O–H groups in total. The minimum Gasteiger partial charge on any atom is -0.382 e. The molecule has 10 heteroatoms. The number of anilines is 1. The fourth-order valence-corrected chi connectivity index (χ4v) is 3.21. The van der Waals surface area contributed by atoms with E-state index in [0.29, 0.717) is 36.5 Å². The molecule has 0 bridgehead atoms. The predicted molar refractivity (Wildman–Crippen MR) is 122 cm³/mol. The largest absolute Gasteiger partial charge is 0.382 e. The number of halogens is 1. The topological polar surface area (TPSA) is 122 Å². The maximum atomic E-state index is 13.2. The van der Waals surface area contributed by atoms with Crippen LogP contribution >= 0.6 is 0 Å². The van der Waals surface area contributed by atoms with Crippen LogP contribution in [0.15, 0.2) is 47.7 Å². The van der Waals surface area contributed by atoms with Gasteiger partial charge in [0.05, 0.1) is 11.4 Å². The number of nitriles is 1. The van der Waals surface area contributed by atoms with Crippen molar-refractivity contribution in [2.75, 3.05) is 25.4 Å². The van der Waals surface area contributed by atoms with Crippen LogP contribution in [-0.4, -0.2) is 45.2 Å². The quantitative estimate of drug-likeness (QED) is 0.254. The minimum atomic E-state index is -0.342. The van der Waals surface area contributed by atoms with Crippen LogP contribution in [0.3, 0.4) is 0 Å². The highest BCUT2D eigenvalue weighted by atomic mass is 19.1. The van der Waals surface area contributed by atoms with Crippen molar-refractivity contribution in [1.82, 2.24) is 30.2 Å². The van der Waals surface area contributed by atoms with E-state index in [-0.39, 0.29) is 11.6 Å². The molecule has 0 saturated heterocycles. The van der Waals surface area contributed by atoms with Gasteiger partial charge in [-0.15, -0.1) is 0 Å². The predicted octanol–water partition coefficient (Wildman–Crippen LogP) is 2.24. The van der Waals surface area contributed by atoms with Gasteiger partial charge in [0.25, 0.3) is 0 Å². The van der Waals surface area contributed by atoms with Crippen LogP contribution in [0.5, 0.6) is 0 Å². The molecule has 0 unspecified atom stereocenters. The summed E-state index contributed by atoms with van der Waals surface area (Å²) in [6.07, 6.45) is 5.92. The summed E-state index contributed by atoms with van der Waals surface area (Å²) in [6, 6.07) is 9.87. The molecule has 3 rings (SSSR count). The van der Waals surface area contributed by atoms with Crippen molar-refractivity contribution >= 4 is 11.8 Å². The monoisotopic (exact) mass is 437 g/mol. The van der Waals surface area contributed by atoms with Gasteiger partial charge < -0.3 is 16.4 Å². The van der Waals surface area contributed by atoms with E-state index in [9.17, 15) is 9.65 Å². The third kappa shape index (κ3) is 6.07. The number of aliphatic imine (C=N–C) groups is 1. The van der Waals surface area contributed by atoms with Gasteiger partial charge in [0.15, 0.2) is 5.96 Å². The number of guanidine groups is 1. The molecule has 2 heterocycles. The van der Waals surface area contributed by atoms with Crippen molar-refractivity contribution in [1.29, 1.82) is 5.26 Å². The molecule has 0 saturated carbocycles. The van der Waals surface area contributed by atoms with E-state index in [1.165, 1.54) is 16.8 Å². The third-order valence-electron chi connectivity index (χ3n) is 4.78. The number of nitrogens with two attached hydrogens (primary N) is 1. The van der Waals surface area contributed by atoms with Crippen molar-refractivity contribution in [2.45, 2.75) is 32.7 Å². The molecule has 168 valence electrons. The van der Waals surface area contributed by atoms with Gasteiger partial charge in [-0.1, -0.05) is 0 Å². The first-order chi connectivity index (χ1) is 15.6. The number of hydrogen-bond donors (Lipinski definition) is 3. The molecule has 0 radical (unpaired) electrons. The fourth-order valence-electron chi connectivity index (χ4n) is 3.21. The standard InChI is InChI=1S/C22H28FN9/c1-2-26-22(28-12-4-14-31-15-5-13-29-31)27-11-3-6-20-19(16-24)21(25)32(30-20)18-9-7-17(23)8-10-18/h5,7-10,13,15H,2-4,6,11-12,14,25H2,1H3,(H2,26,27,28). The molecule has 0 fully saturated rings. The normalized spacial score (nSPS) is 11.3. The lowest BCUT2D eigenvalue weighted by atomic mass is 10.1. The van der Waals surface area contributed by atoms with Crippen LogP contribution in [0.2, 0.25) is 0 Å². The Balaban J connectivity index is 1.53. The fraction of sp³-hybridized carbons (Fsp3) is 0.364. The van der Waals surface area contributed by atoms with E-state index in [4.69, 9.17) is 5.73 Å². The molecule has 0 aliphatic carbocycles. The van der Waals surface area contributed by atoms with E-state index in [1.54, 1.807) is 18.3 Å². The second-order valence-corrected chi connectivity index (χ2v) is 7.12. The van der Waals surface area contributed by atoms with Crippen molar-refractivity contribution in [2.24, 2.45) is 4.99 Å². The number of rotatable bonds is 10. The summed E-state index contributed by atoms with van der Waals surface area (Å²) in [5.41, 5.74) is 7.70. The van der Waals surface area contributed by atoms with E-state index >= 15 is 0 Å². The van der Waals surface area contributed by atoms with E-state index < -0.39 is 0 Å². The molecule has 9 nitrogen and oxygen atoms in total.